The maximum atomic E-state index is 9.50. The molecule has 0 saturated carbocycles. The van der Waals surface area contributed by atoms with E-state index in [0.717, 1.165) is 62.3 Å². The molecule has 0 unspecified atom stereocenters. The van der Waals surface area contributed by atoms with Crippen LogP contribution >= 0.6 is 0 Å². The molecule has 0 aliphatic heterocycles. The fourth-order valence-electron chi connectivity index (χ4n) is 7.80. The number of aryl methyl sites for hydroxylation is 1. The Kier molecular flexibility index (Phi) is 6.27. The summed E-state index contributed by atoms with van der Waals surface area (Å²) in [5.41, 5.74) is 10.1. The normalized spacial score (nSPS) is 13.5. The van der Waals surface area contributed by atoms with E-state index in [1.165, 1.54) is 0 Å². The lowest BCUT2D eigenvalue weighted by Gasteiger charge is -2.19. The van der Waals surface area contributed by atoms with Crippen molar-refractivity contribution < 1.29 is 11.0 Å². The Labute approximate surface area is 332 Å². The van der Waals surface area contributed by atoms with Gasteiger partial charge >= 0.3 is 0 Å². The van der Waals surface area contributed by atoms with Crippen LogP contribution in [0, 0.1) is 0 Å². The van der Waals surface area contributed by atoms with Gasteiger partial charge in [-0.1, -0.05) is 164 Å². The first-order chi connectivity index (χ1) is 30.5. The quantitative estimate of drug-likeness (QED) is 0.151. The van der Waals surface area contributed by atoms with Crippen LogP contribution in [0.25, 0.3) is 93.9 Å². The predicted molar refractivity (Wildman–Crippen MR) is 233 cm³/mol. The fraction of sp³-hybridized carbons (Fsp3) is 0.0377. The third-order valence-electron chi connectivity index (χ3n) is 10.4. The van der Waals surface area contributed by atoms with Gasteiger partial charge in [0.25, 0.3) is 0 Å². The summed E-state index contributed by atoms with van der Waals surface area (Å²) in [4.78, 5) is 4.84. The highest BCUT2D eigenvalue weighted by Crippen LogP contribution is 2.45. The molecule has 10 rings (SSSR count). The standard InChI is InChI=1S/C53H38N2/c1-2-51-54-49-23-13-14-24-50(49)55(51)44-31-29-39(30-32-44)38-25-27-40(28-26-38)52-45-19-9-11-21-47(45)53(48-22-12-10-20-46(48)52)43-34-41(36-15-5-3-6-16-36)33-42(35-43)37-17-7-4-8-18-37/h3-35H,2H2,1H3/i9D,10D,11D,12D,19D,20D,21D,22D. The average molecular weight is 711 g/mol. The summed E-state index contributed by atoms with van der Waals surface area (Å²) in [6.07, 6.45) is 0.774. The van der Waals surface area contributed by atoms with Crippen molar-refractivity contribution in [3.63, 3.8) is 0 Å². The average Bonchev–Trinajstić information content (AvgIpc) is 3.72. The molecule has 0 aliphatic rings. The lowest BCUT2D eigenvalue weighted by Crippen LogP contribution is -1.99. The summed E-state index contributed by atoms with van der Waals surface area (Å²) in [6.45, 7) is 2.09. The van der Waals surface area contributed by atoms with Crippen LogP contribution in [0.3, 0.4) is 0 Å². The van der Waals surface area contributed by atoms with Crippen LogP contribution in [0.2, 0.25) is 0 Å². The summed E-state index contributed by atoms with van der Waals surface area (Å²) in [5, 5.41) is 0.708. The highest BCUT2D eigenvalue weighted by atomic mass is 15.1. The highest BCUT2D eigenvalue weighted by Gasteiger charge is 2.18. The molecule has 0 radical (unpaired) electrons. The topological polar surface area (TPSA) is 17.8 Å². The largest absolute Gasteiger partial charge is 0.296 e. The second kappa shape index (κ2) is 13.7. The second-order valence-corrected chi connectivity index (χ2v) is 13.6. The lowest BCUT2D eigenvalue weighted by molar-refractivity contribution is 0.908. The summed E-state index contributed by atoms with van der Waals surface area (Å²) in [6, 6.07) is 46.6. The SMILES string of the molecule is [2H]c1c([2H])c([2H])c2c(-c3cc(-c4ccccc4)cc(-c4ccccc4)c3)c3c([2H])c([2H])c([2H])c([2H])c3c(-c3ccc(-c4ccc(-n5c(CC)nc6ccccc65)cc4)cc3)c2c1[2H]. The van der Waals surface area contributed by atoms with E-state index in [-0.39, 0.29) is 45.7 Å². The van der Waals surface area contributed by atoms with Gasteiger partial charge in [-0.3, -0.25) is 4.57 Å². The molecule has 9 aromatic carbocycles. The third-order valence-corrected chi connectivity index (χ3v) is 10.4. The van der Waals surface area contributed by atoms with E-state index in [1.807, 2.05) is 115 Å². The molecule has 0 fully saturated rings. The molecule has 260 valence electrons. The van der Waals surface area contributed by atoms with E-state index in [9.17, 15) is 5.48 Å². The summed E-state index contributed by atoms with van der Waals surface area (Å²) < 4.78 is 75.8. The number of hydrogen-bond donors (Lipinski definition) is 0. The van der Waals surface area contributed by atoms with Gasteiger partial charge in [-0.25, -0.2) is 4.98 Å². The second-order valence-electron chi connectivity index (χ2n) is 13.6. The van der Waals surface area contributed by atoms with Crippen LogP contribution in [-0.4, -0.2) is 9.55 Å². The molecule has 0 spiro atoms. The summed E-state index contributed by atoms with van der Waals surface area (Å²) in [7, 11) is 0. The van der Waals surface area contributed by atoms with E-state index in [2.05, 4.69) is 47.9 Å². The Bertz CT molecular complexity index is 3300. The van der Waals surface area contributed by atoms with Crippen molar-refractivity contribution in [3.05, 3.63) is 206 Å². The number of rotatable bonds is 7. The molecule has 0 atom stereocenters. The van der Waals surface area contributed by atoms with Gasteiger partial charge in [0.05, 0.1) is 22.0 Å². The summed E-state index contributed by atoms with van der Waals surface area (Å²) in [5.74, 6) is 0.968. The van der Waals surface area contributed by atoms with Gasteiger partial charge < -0.3 is 0 Å². The predicted octanol–water partition coefficient (Wildman–Crippen LogP) is 14.2. The first-order valence-electron chi connectivity index (χ1n) is 22.5. The number of aromatic nitrogens is 2. The molecule has 0 aliphatic carbocycles. The van der Waals surface area contributed by atoms with Gasteiger partial charge in [0.15, 0.2) is 0 Å². The summed E-state index contributed by atoms with van der Waals surface area (Å²) >= 11 is 0. The van der Waals surface area contributed by atoms with Crippen LogP contribution in [0.1, 0.15) is 23.7 Å². The van der Waals surface area contributed by atoms with Gasteiger partial charge in [-0.15, -0.1) is 0 Å². The Balaban J connectivity index is 1.23. The number of para-hydroxylation sites is 2. The third kappa shape index (κ3) is 5.80. The first kappa shape index (κ1) is 25.1. The van der Waals surface area contributed by atoms with Crippen molar-refractivity contribution in [2.45, 2.75) is 13.3 Å². The Hall–Kier alpha value is -7.03. The Morgan fingerprint density at radius 1 is 0.436 bits per heavy atom. The molecule has 0 bridgehead atoms. The monoisotopic (exact) mass is 710 g/mol. The fourth-order valence-corrected chi connectivity index (χ4v) is 7.80. The smallest absolute Gasteiger partial charge is 0.114 e. The molecular formula is C53H38N2. The van der Waals surface area contributed by atoms with Gasteiger partial charge in [0.2, 0.25) is 0 Å². The number of imidazole rings is 1. The van der Waals surface area contributed by atoms with Crippen molar-refractivity contribution in [1.29, 1.82) is 0 Å². The number of fused-ring (bicyclic) bond motifs is 3. The van der Waals surface area contributed by atoms with Crippen molar-refractivity contribution in [2.75, 3.05) is 0 Å². The van der Waals surface area contributed by atoms with Crippen molar-refractivity contribution in [2.24, 2.45) is 0 Å². The van der Waals surface area contributed by atoms with E-state index in [1.54, 1.807) is 0 Å². The zero-order valence-corrected chi connectivity index (χ0v) is 30.0. The molecule has 1 heterocycles. The van der Waals surface area contributed by atoms with E-state index in [0.29, 0.717) is 22.3 Å². The molecule has 0 amide bonds. The van der Waals surface area contributed by atoms with Gasteiger partial charge in [-0.2, -0.15) is 0 Å². The van der Waals surface area contributed by atoms with Gasteiger partial charge in [-0.05, 0) is 120 Å². The Morgan fingerprint density at radius 3 is 1.38 bits per heavy atom. The molecule has 55 heavy (non-hydrogen) atoms. The minimum absolute atomic E-state index is 0.177. The number of benzene rings is 9. The van der Waals surface area contributed by atoms with Crippen LogP contribution in [0.5, 0.6) is 0 Å². The maximum absolute atomic E-state index is 9.50. The van der Waals surface area contributed by atoms with Crippen LogP contribution in [-0.2, 0) is 6.42 Å². The van der Waals surface area contributed by atoms with E-state index in [4.69, 9.17) is 10.5 Å². The zero-order valence-electron chi connectivity index (χ0n) is 38.0. The molecule has 10 aromatic rings. The van der Waals surface area contributed by atoms with E-state index >= 15 is 0 Å². The van der Waals surface area contributed by atoms with Crippen LogP contribution < -0.4 is 0 Å². The van der Waals surface area contributed by atoms with Crippen molar-refractivity contribution in [1.82, 2.24) is 9.55 Å². The lowest BCUT2D eigenvalue weighted by atomic mass is 9.84. The number of hydrogen-bond acceptors (Lipinski definition) is 1. The van der Waals surface area contributed by atoms with Gasteiger partial charge in [0, 0.05) is 12.1 Å². The molecule has 2 nitrogen and oxygen atoms in total. The first-order valence-corrected chi connectivity index (χ1v) is 18.5. The minimum atomic E-state index is -0.434. The van der Waals surface area contributed by atoms with E-state index < -0.39 is 24.2 Å². The zero-order chi connectivity index (χ0) is 43.7. The van der Waals surface area contributed by atoms with Crippen molar-refractivity contribution in [3.8, 4) is 61.3 Å². The number of nitrogens with zero attached hydrogens (tertiary/aromatic N) is 2. The Morgan fingerprint density at radius 2 is 0.855 bits per heavy atom. The highest BCUT2D eigenvalue weighted by molar-refractivity contribution is 6.21. The molecule has 2 heteroatoms. The molecule has 1 aromatic heterocycles. The maximum Gasteiger partial charge on any atom is 0.114 e. The molecular weight excluding hydrogens is 665 g/mol. The van der Waals surface area contributed by atoms with Crippen molar-refractivity contribution >= 4 is 32.6 Å². The molecule has 0 saturated heterocycles. The minimum Gasteiger partial charge on any atom is -0.296 e. The molecule has 0 N–H and O–H groups in total. The van der Waals surface area contributed by atoms with Crippen LogP contribution in [0.15, 0.2) is 200 Å². The van der Waals surface area contributed by atoms with Crippen LogP contribution in [0.4, 0.5) is 0 Å². The van der Waals surface area contributed by atoms with Gasteiger partial charge in [0.1, 0.15) is 5.82 Å².